The Hall–Kier alpha value is -2.38. The third kappa shape index (κ3) is 3.08. The Morgan fingerprint density at radius 3 is 2.42 bits per heavy atom. The second-order valence-corrected chi connectivity index (χ2v) is 8.31. The van der Waals surface area contributed by atoms with Gasteiger partial charge in [0, 0.05) is 19.0 Å². The van der Waals surface area contributed by atoms with Crippen LogP contribution in [0.2, 0.25) is 0 Å². The first-order valence-corrected chi connectivity index (χ1v) is 10.0. The minimum Gasteiger partial charge on any atom is -0.497 e. The number of aromatic nitrogens is 1. The maximum absolute atomic E-state index is 12.8. The van der Waals surface area contributed by atoms with E-state index in [4.69, 9.17) is 9.15 Å². The normalized spacial score (nSPS) is 16.8. The highest BCUT2D eigenvalue weighted by atomic mass is 32.2. The van der Waals surface area contributed by atoms with Crippen molar-refractivity contribution in [2.45, 2.75) is 23.7 Å². The number of hydrogen-bond acceptors (Lipinski definition) is 5. The molecule has 1 aliphatic rings. The van der Waals surface area contributed by atoms with Crippen molar-refractivity contribution in [1.29, 1.82) is 0 Å². The number of ether oxygens (including phenoxy) is 1. The maximum atomic E-state index is 12.8. The van der Waals surface area contributed by atoms with E-state index in [0.717, 1.165) is 11.1 Å². The number of para-hydroxylation sites is 2. The van der Waals surface area contributed by atoms with E-state index < -0.39 is 10.0 Å². The molecule has 0 bridgehead atoms. The lowest BCUT2D eigenvalue weighted by Crippen LogP contribution is -2.37. The Morgan fingerprint density at radius 2 is 1.77 bits per heavy atom. The largest absolute Gasteiger partial charge is 0.497 e. The van der Waals surface area contributed by atoms with Crippen molar-refractivity contribution in [3.8, 4) is 5.75 Å². The van der Waals surface area contributed by atoms with Gasteiger partial charge in [-0.15, -0.1) is 0 Å². The van der Waals surface area contributed by atoms with E-state index in [0.29, 0.717) is 42.5 Å². The van der Waals surface area contributed by atoms with E-state index in [2.05, 4.69) is 4.98 Å². The van der Waals surface area contributed by atoms with Crippen LogP contribution in [0.3, 0.4) is 0 Å². The second-order valence-electron chi connectivity index (χ2n) is 6.37. The molecule has 0 saturated carbocycles. The first-order valence-electron chi connectivity index (χ1n) is 8.57. The first kappa shape index (κ1) is 17.1. The fourth-order valence-electron chi connectivity index (χ4n) is 3.30. The molecule has 0 unspecified atom stereocenters. The average molecular weight is 372 g/mol. The van der Waals surface area contributed by atoms with Crippen LogP contribution >= 0.6 is 0 Å². The average Bonchev–Trinajstić information content (AvgIpc) is 3.12. The van der Waals surface area contributed by atoms with Crippen molar-refractivity contribution in [2.75, 3.05) is 20.2 Å². The molecule has 0 spiro atoms. The number of benzene rings is 2. The fraction of sp³-hybridized carbons (Fsp3) is 0.316. The summed E-state index contributed by atoms with van der Waals surface area (Å²) in [4.78, 5) is 4.84. The van der Waals surface area contributed by atoms with Crippen molar-refractivity contribution in [3.63, 3.8) is 0 Å². The maximum Gasteiger partial charge on any atom is 0.243 e. The molecule has 0 N–H and O–H groups in total. The van der Waals surface area contributed by atoms with E-state index in [1.54, 1.807) is 31.4 Å². The van der Waals surface area contributed by atoms with Crippen LogP contribution in [-0.4, -0.2) is 37.9 Å². The van der Waals surface area contributed by atoms with Crippen molar-refractivity contribution >= 4 is 21.1 Å². The van der Waals surface area contributed by atoms with Crippen LogP contribution in [0.4, 0.5) is 0 Å². The van der Waals surface area contributed by atoms with Crippen LogP contribution in [0.15, 0.2) is 57.8 Å². The molecule has 1 saturated heterocycles. The number of rotatable bonds is 4. The Labute approximate surface area is 152 Å². The van der Waals surface area contributed by atoms with E-state index >= 15 is 0 Å². The Morgan fingerprint density at radius 1 is 1.08 bits per heavy atom. The molecule has 3 aromatic rings. The molecule has 0 atom stereocenters. The Kier molecular flexibility index (Phi) is 4.42. The third-order valence-electron chi connectivity index (χ3n) is 4.81. The number of fused-ring (bicyclic) bond motifs is 1. The van der Waals surface area contributed by atoms with Crippen molar-refractivity contribution in [3.05, 3.63) is 54.4 Å². The van der Waals surface area contributed by atoms with Gasteiger partial charge in [0.05, 0.1) is 12.0 Å². The Balaban J connectivity index is 1.48. The van der Waals surface area contributed by atoms with Gasteiger partial charge in [-0.3, -0.25) is 0 Å². The molecule has 0 aliphatic carbocycles. The number of methoxy groups -OCH3 is 1. The summed E-state index contributed by atoms with van der Waals surface area (Å²) in [6, 6.07) is 14.2. The van der Waals surface area contributed by atoms with Crippen molar-refractivity contribution < 1.29 is 17.6 Å². The molecule has 2 aromatic carbocycles. The summed E-state index contributed by atoms with van der Waals surface area (Å²) in [6.45, 7) is 0.912. The van der Waals surface area contributed by atoms with Crippen LogP contribution in [-0.2, 0) is 10.0 Å². The molecular formula is C19H20N2O4S. The SMILES string of the molecule is COc1ccc(S(=O)(=O)N2CCC(c3nc4ccccc4o3)CC2)cc1. The number of sulfonamides is 1. The van der Waals surface area contributed by atoms with Gasteiger partial charge in [0.25, 0.3) is 0 Å². The van der Waals surface area contributed by atoms with Gasteiger partial charge in [0.1, 0.15) is 11.3 Å². The van der Waals surface area contributed by atoms with Crippen LogP contribution in [0.5, 0.6) is 5.75 Å². The van der Waals surface area contributed by atoms with Gasteiger partial charge in [-0.05, 0) is 49.2 Å². The lowest BCUT2D eigenvalue weighted by molar-refractivity contribution is 0.293. The molecule has 6 nitrogen and oxygen atoms in total. The van der Waals surface area contributed by atoms with Crippen molar-refractivity contribution in [1.82, 2.24) is 9.29 Å². The summed E-state index contributed by atoms with van der Waals surface area (Å²) in [6.07, 6.45) is 1.39. The van der Waals surface area contributed by atoms with E-state index in [9.17, 15) is 8.42 Å². The lowest BCUT2D eigenvalue weighted by atomic mass is 9.98. The van der Waals surface area contributed by atoms with Gasteiger partial charge in [-0.25, -0.2) is 13.4 Å². The highest BCUT2D eigenvalue weighted by Crippen LogP contribution is 2.32. The third-order valence-corrected chi connectivity index (χ3v) is 6.72. The predicted molar refractivity (Wildman–Crippen MR) is 97.7 cm³/mol. The zero-order valence-electron chi connectivity index (χ0n) is 14.5. The predicted octanol–water partition coefficient (Wildman–Crippen LogP) is 3.40. The van der Waals surface area contributed by atoms with Crippen LogP contribution < -0.4 is 4.74 Å². The van der Waals surface area contributed by atoms with Crippen LogP contribution in [0.25, 0.3) is 11.1 Å². The molecule has 4 rings (SSSR count). The van der Waals surface area contributed by atoms with Gasteiger partial charge in [-0.2, -0.15) is 4.31 Å². The van der Waals surface area contributed by atoms with Gasteiger partial charge in [0.2, 0.25) is 10.0 Å². The van der Waals surface area contributed by atoms with Gasteiger partial charge in [0.15, 0.2) is 11.5 Å². The monoisotopic (exact) mass is 372 g/mol. The molecular weight excluding hydrogens is 352 g/mol. The zero-order valence-corrected chi connectivity index (χ0v) is 15.3. The fourth-order valence-corrected chi connectivity index (χ4v) is 4.77. The number of piperidine rings is 1. The topological polar surface area (TPSA) is 72.6 Å². The number of oxazole rings is 1. The standard InChI is InChI=1S/C19H20N2O4S/c1-24-15-6-8-16(9-7-15)26(22,23)21-12-10-14(11-13-21)19-20-17-4-2-3-5-18(17)25-19/h2-9,14H,10-13H2,1H3. The molecule has 7 heteroatoms. The van der Waals surface area contributed by atoms with E-state index in [1.807, 2.05) is 24.3 Å². The lowest BCUT2D eigenvalue weighted by Gasteiger charge is -2.29. The zero-order chi connectivity index (χ0) is 18.1. The second kappa shape index (κ2) is 6.74. The van der Waals surface area contributed by atoms with Crippen molar-refractivity contribution in [2.24, 2.45) is 0 Å². The highest BCUT2D eigenvalue weighted by Gasteiger charge is 2.31. The summed E-state index contributed by atoms with van der Waals surface area (Å²) in [7, 11) is -1.93. The summed E-state index contributed by atoms with van der Waals surface area (Å²) in [5.41, 5.74) is 1.62. The number of nitrogens with zero attached hydrogens (tertiary/aromatic N) is 2. The molecule has 0 radical (unpaired) electrons. The summed E-state index contributed by atoms with van der Waals surface area (Å²) < 4.78 is 38.1. The van der Waals surface area contributed by atoms with Gasteiger partial charge >= 0.3 is 0 Å². The molecule has 1 fully saturated rings. The highest BCUT2D eigenvalue weighted by molar-refractivity contribution is 7.89. The quantitative estimate of drug-likeness (QED) is 0.702. The summed E-state index contributed by atoms with van der Waals surface area (Å²) >= 11 is 0. The Bertz CT molecular complexity index is 970. The molecule has 1 aliphatic heterocycles. The summed E-state index contributed by atoms with van der Waals surface area (Å²) in [5, 5.41) is 0. The summed E-state index contributed by atoms with van der Waals surface area (Å²) in [5.74, 6) is 1.48. The first-order chi connectivity index (χ1) is 12.6. The van der Waals surface area contributed by atoms with Crippen LogP contribution in [0, 0.1) is 0 Å². The van der Waals surface area contributed by atoms with Gasteiger partial charge in [-0.1, -0.05) is 12.1 Å². The number of hydrogen-bond donors (Lipinski definition) is 0. The minimum atomic E-state index is -3.49. The minimum absolute atomic E-state index is 0.143. The molecule has 136 valence electrons. The van der Waals surface area contributed by atoms with E-state index in [1.165, 1.54) is 4.31 Å². The smallest absolute Gasteiger partial charge is 0.243 e. The van der Waals surface area contributed by atoms with Crippen LogP contribution in [0.1, 0.15) is 24.7 Å². The van der Waals surface area contributed by atoms with Gasteiger partial charge < -0.3 is 9.15 Å². The molecule has 2 heterocycles. The molecule has 1 aromatic heterocycles. The van der Waals surface area contributed by atoms with E-state index in [-0.39, 0.29) is 5.92 Å². The molecule has 0 amide bonds. The molecule has 26 heavy (non-hydrogen) atoms.